The zero-order valence-corrected chi connectivity index (χ0v) is 14.0. The van der Waals surface area contributed by atoms with Crippen molar-refractivity contribution < 1.29 is 9.90 Å². The minimum absolute atomic E-state index is 0.0392. The highest BCUT2D eigenvalue weighted by Gasteiger charge is 2.37. The monoisotopic (exact) mass is 308 g/mol. The molecule has 0 radical (unpaired) electrons. The Morgan fingerprint density at radius 2 is 1.64 bits per heavy atom. The molecule has 3 rings (SSSR count). The Kier molecular flexibility index (Phi) is 5.40. The first-order valence-corrected chi connectivity index (χ1v) is 9.35. The van der Waals surface area contributed by atoms with Gasteiger partial charge < -0.3 is 14.9 Å². The van der Waals surface area contributed by atoms with Crippen LogP contribution in [0, 0.1) is 5.92 Å². The second-order valence-electron chi connectivity index (χ2n) is 7.75. The van der Waals surface area contributed by atoms with Crippen LogP contribution in [0.25, 0.3) is 0 Å². The Balaban J connectivity index is 1.56. The van der Waals surface area contributed by atoms with Crippen LogP contribution in [0.3, 0.4) is 0 Å². The second-order valence-corrected chi connectivity index (χ2v) is 7.75. The Hall–Kier alpha value is -0.610. The van der Waals surface area contributed by atoms with Gasteiger partial charge in [-0.05, 0) is 44.4 Å². The number of nitrogens with zero attached hydrogens (tertiary/aromatic N) is 2. The van der Waals surface area contributed by atoms with Gasteiger partial charge in [0.15, 0.2) is 0 Å². The number of aliphatic hydroxyl groups excluding tert-OH is 1. The maximum absolute atomic E-state index is 12.3. The lowest BCUT2D eigenvalue weighted by Crippen LogP contribution is -2.55. The van der Waals surface area contributed by atoms with Gasteiger partial charge in [0.25, 0.3) is 0 Å². The highest BCUT2D eigenvalue weighted by atomic mass is 16.3. The molecule has 0 aromatic heterocycles. The van der Waals surface area contributed by atoms with Crippen molar-refractivity contribution in [2.24, 2.45) is 5.92 Å². The van der Waals surface area contributed by atoms with Gasteiger partial charge in [-0.2, -0.15) is 0 Å². The number of hydrogen-bond donors (Lipinski definition) is 1. The van der Waals surface area contributed by atoms with Crippen LogP contribution < -0.4 is 0 Å². The summed E-state index contributed by atoms with van der Waals surface area (Å²) in [6.07, 6.45) is 10.9. The molecule has 126 valence electrons. The summed E-state index contributed by atoms with van der Waals surface area (Å²) in [4.78, 5) is 17.0. The van der Waals surface area contributed by atoms with Crippen LogP contribution in [0.15, 0.2) is 0 Å². The molecular weight excluding hydrogens is 276 g/mol. The predicted molar refractivity (Wildman–Crippen MR) is 87.6 cm³/mol. The van der Waals surface area contributed by atoms with E-state index < -0.39 is 0 Å². The van der Waals surface area contributed by atoms with Gasteiger partial charge in [0.05, 0.1) is 0 Å². The summed E-state index contributed by atoms with van der Waals surface area (Å²) in [5.74, 6) is 0.861. The van der Waals surface area contributed by atoms with Crippen LogP contribution in [0.1, 0.15) is 64.7 Å². The predicted octanol–water partition coefficient (Wildman–Crippen LogP) is 2.40. The summed E-state index contributed by atoms with van der Waals surface area (Å²) in [6.45, 7) is 4.28. The molecule has 4 heteroatoms. The molecule has 2 saturated carbocycles. The largest absolute Gasteiger partial charge is 0.387 e. The van der Waals surface area contributed by atoms with Crippen LogP contribution in [0.2, 0.25) is 0 Å². The van der Waals surface area contributed by atoms with Gasteiger partial charge in [0.2, 0.25) is 5.91 Å². The van der Waals surface area contributed by atoms with Gasteiger partial charge in [0.1, 0.15) is 6.61 Å². The van der Waals surface area contributed by atoms with Crippen molar-refractivity contribution in [3.05, 3.63) is 0 Å². The molecule has 0 aromatic rings. The fourth-order valence-corrected chi connectivity index (χ4v) is 4.83. The molecule has 0 bridgehead atoms. The highest BCUT2D eigenvalue weighted by Crippen LogP contribution is 2.34. The van der Waals surface area contributed by atoms with Gasteiger partial charge >= 0.3 is 0 Å². The lowest BCUT2D eigenvalue weighted by molar-refractivity contribution is -0.141. The Morgan fingerprint density at radius 3 is 2.18 bits per heavy atom. The molecule has 4 nitrogen and oxygen atoms in total. The van der Waals surface area contributed by atoms with Gasteiger partial charge in [-0.3, -0.25) is 4.79 Å². The first kappa shape index (κ1) is 16.3. The van der Waals surface area contributed by atoms with E-state index in [9.17, 15) is 9.90 Å². The minimum atomic E-state index is -0.323. The molecule has 1 saturated heterocycles. The first-order chi connectivity index (χ1) is 10.7. The smallest absolute Gasteiger partial charge is 0.248 e. The van der Waals surface area contributed by atoms with Crippen LogP contribution in [0.4, 0.5) is 0 Å². The molecule has 3 aliphatic rings. The molecule has 0 spiro atoms. The lowest BCUT2D eigenvalue weighted by atomic mass is 9.80. The number of amides is 1. The molecule has 1 N–H and O–H groups in total. The van der Waals surface area contributed by atoms with E-state index in [0.29, 0.717) is 12.1 Å². The van der Waals surface area contributed by atoms with Gasteiger partial charge in [-0.1, -0.05) is 26.2 Å². The van der Waals surface area contributed by atoms with E-state index in [2.05, 4.69) is 16.7 Å². The summed E-state index contributed by atoms with van der Waals surface area (Å²) in [5, 5.41) is 9.38. The SMILES string of the molecule is CC1CC(N2CCC(N(C(=O)CO)C3CCCCC3)CC2)C1. The lowest BCUT2D eigenvalue weighted by Gasteiger charge is -2.48. The van der Waals surface area contributed by atoms with Crippen molar-refractivity contribution in [3.8, 4) is 0 Å². The third-order valence-electron chi connectivity index (χ3n) is 6.15. The topological polar surface area (TPSA) is 43.8 Å². The van der Waals surface area contributed by atoms with E-state index in [0.717, 1.165) is 50.7 Å². The Bertz CT molecular complexity index is 367. The van der Waals surface area contributed by atoms with E-state index in [1.165, 1.54) is 32.1 Å². The molecule has 3 fully saturated rings. The summed E-state index contributed by atoms with van der Waals surface area (Å²) >= 11 is 0. The molecule has 0 atom stereocenters. The van der Waals surface area contributed by atoms with E-state index >= 15 is 0 Å². The average Bonchev–Trinajstić information content (AvgIpc) is 2.54. The summed E-state index contributed by atoms with van der Waals surface area (Å²) < 4.78 is 0. The van der Waals surface area contributed by atoms with Crippen molar-refractivity contribution >= 4 is 5.91 Å². The quantitative estimate of drug-likeness (QED) is 0.867. The number of rotatable bonds is 4. The second kappa shape index (κ2) is 7.31. The van der Waals surface area contributed by atoms with Crippen LogP contribution >= 0.6 is 0 Å². The number of aliphatic hydroxyl groups is 1. The molecule has 0 aromatic carbocycles. The van der Waals surface area contributed by atoms with Gasteiger partial charge in [0, 0.05) is 31.2 Å². The fraction of sp³-hybridized carbons (Fsp3) is 0.944. The zero-order chi connectivity index (χ0) is 15.5. The van der Waals surface area contributed by atoms with Crippen molar-refractivity contribution in [1.82, 2.24) is 9.80 Å². The first-order valence-electron chi connectivity index (χ1n) is 9.35. The zero-order valence-electron chi connectivity index (χ0n) is 14.0. The number of carbonyl (C=O) groups excluding carboxylic acids is 1. The number of likely N-dealkylation sites (tertiary alicyclic amines) is 1. The maximum atomic E-state index is 12.3. The molecule has 1 aliphatic heterocycles. The van der Waals surface area contributed by atoms with Gasteiger partial charge in [-0.25, -0.2) is 0 Å². The molecule has 1 heterocycles. The molecule has 22 heavy (non-hydrogen) atoms. The van der Waals surface area contributed by atoms with Crippen LogP contribution in [-0.2, 0) is 4.79 Å². The number of carbonyl (C=O) groups is 1. The fourth-order valence-electron chi connectivity index (χ4n) is 4.83. The van der Waals surface area contributed by atoms with E-state index in [-0.39, 0.29) is 12.5 Å². The summed E-state index contributed by atoms with van der Waals surface area (Å²) in [6, 6.07) is 1.54. The molecule has 2 aliphatic carbocycles. The standard InChI is InChI=1S/C18H32N2O2/c1-14-11-17(12-14)19-9-7-16(8-10-19)20(18(22)13-21)15-5-3-2-4-6-15/h14-17,21H,2-13H2,1H3. The van der Waals surface area contributed by atoms with Crippen molar-refractivity contribution in [1.29, 1.82) is 0 Å². The maximum Gasteiger partial charge on any atom is 0.248 e. The molecular formula is C18H32N2O2. The van der Waals surface area contributed by atoms with Crippen LogP contribution in [-0.4, -0.2) is 58.6 Å². The number of hydrogen-bond acceptors (Lipinski definition) is 3. The summed E-state index contributed by atoms with van der Waals surface area (Å²) in [7, 11) is 0. The number of piperidine rings is 1. The third-order valence-corrected chi connectivity index (χ3v) is 6.15. The van der Waals surface area contributed by atoms with Crippen molar-refractivity contribution in [2.75, 3.05) is 19.7 Å². The molecule has 0 unspecified atom stereocenters. The van der Waals surface area contributed by atoms with E-state index in [1.807, 2.05) is 0 Å². The van der Waals surface area contributed by atoms with Crippen molar-refractivity contribution in [3.63, 3.8) is 0 Å². The van der Waals surface area contributed by atoms with E-state index in [4.69, 9.17) is 0 Å². The highest BCUT2D eigenvalue weighted by molar-refractivity contribution is 5.78. The third kappa shape index (κ3) is 3.48. The Labute approximate surface area is 134 Å². The average molecular weight is 308 g/mol. The molecule has 1 amide bonds. The van der Waals surface area contributed by atoms with Gasteiger partial charge in [-0.15, -0.1) is 0 Å². The minimum Gasteiger partial charge on any atom is -0.387 e. The van der Waals surface area contributed by atoms with Crippen LogP contribution in [0.5, 0.6) is 0 Å². The Morgan fingerprint density at radius 1 is 1.05 bits per heavy atom. The summed E-state index contributed by atoms with van der Waals surface area (Å²) in [5.41, 5.74) is 0. The van der Waals surface area contributed by atoms with E-state index in [1.54, 1.807) is 0 Å². The van der Waals surface area contributed by atoms with Crippen molar-refractivity contribution in [2.45, 2.75) is 82.8 Å². The normalized spacial score (nSPS) is 31.7.